The van der Waals surface area contributed by atoms with Crippen LogP contribution in [0.25, 0.3) is 10.9 Å². The number of amides is 3. The molecule has 2 saturated carbocycles. The number of methoxy groups -OCH3 is 1. The van der Waals surface area contributed by atoms with Gasteiger partial charge in [-0.15, -0.1) is 6.58 Å². The van der Waals surface area contributed by atoms with Crippen molar-refractivity contribution in [2.45, 2.75) is 120 Å². The molecule has 0 radical (unpaired) electrons. The highest BCUT2D eigenvalue weighted by molar-refractivity contribution is 7.91. The summed E-state index contributed by atoms with van der Waals surface area (Å²) in [4.78, 5) is 47.7. The van der Waals surface area contributed by atoms with E-state index in [0.29, 0.717) is 30.8 Å². The number of hydrogen-bond acceptors (Lipinski definition) is 11. The summed E-state index contributed by atoms with van der Waals surface area (Å²) in [5, 5.41) is 18.0. The van der Waals surface area contributed by atoms with Gasteiger partial charge in [0.05, 0.1) is 35.7 Å². The highest BCUT2D eigenvalue weighted by atomic mass is 32.2. The molecule has 3 amide bonds. The molecule has 3 heterocycles. The van der Waals surface area contributed by atoms with Gasteiger partial charge in [0.25, 0.3) is 5.91 Å². The van der Waals surface area contributed by atoms with Crippen LogP contribution < -0.4 is 24.8 Å². The lowest BCUT2D eigenvalue weighted by Gasteiger charge is -2.40. The first-order chi connectivity index (χ1) is 25.5. The number of cyclic esters (lactones) is 1. The van der Waals surface area contributed by atoms with Crippen LogP contribution in [0.3, 0.4) is 0 Å². The molecule has 14 nitrogen and oxygen atoms in total. The first-order valence-corrected chi connectivity index (χ1v) is 20.3. The number of pyridine rings is 1. The van der Waals surface area contributed by atoms with Gasteiger partial charge >= 0.3 is 6.09 Å². The number of carbonyl (C=O) groups excluding carboxylic acids is 3. The standard InChI is InChI=1S/C39H53N5O9S/c1-7-25-21-39(25,36(47)43-54(49,50)28-15-16-28)42-34(45)31-20-27-22-44(31)35(46)33(38(3,4)5)41-37(48)52-23(2)12-10-8-9-11-13-30-32(53-27)19-24-18-26(51-6)14-17-29(24)40-30/h7,10,12,14,17-19,23,25,27-28,31,33,35,46H,1,8-9,11,13,15-16,20-22H2,2-6H3,(H,41,48)(H,42,45)(H,43,47)/b12-10-/t23-,25+,27+,31-,33+,35?,39+/m0/s1. The van der Waals surface area contributed by atoms with Crippen LogP contribution >= 0.6 is 0 Å². The van der Waals surface area contributed by atoms with Crippen molar-refractivity contribution in [2.75, 3.05) is 13.7 Å². The summed E-state index contributed by atoms with van der Waals surface area (Å²) in [6.45, 7) is 11.2. The van der Waals surface area contributed by atoms with E-state index >= 15 is 0 Å². The SMILES string of the molecule is C=C[C@@H]1C[C@]1(NC(=O)[C@@H]1C[C@@H]2CN1C(O)[C@H](C(C)(C)C)NC(=O)O[C@@H](C)/C=C\CCCCc1nc3ccc(OC)cc3cc1O2)C(=O)NS(=O)(=O)C1CC1. The van der Waals surface area contributed by atoms with Gasteiger partial charge in [-0.3, -0.25) is 19.2 Å². The zero-order chi connectivity index (χ0) is 39.0. The predicted molar refractivity (Wildman–Crippen MR) is 202 cm³/mol. The number of hydrogen-bond donors (Lipinski definition) is 4. The number of aryl methyl sites for hydroxylation is 1. The Morgan fingerprint density at radius 1 is 1.19 bits per heavy atom. The molecule has 15 heteroatoms. The number of rotatable bonds is 7. The number of aliphatic hydroxyl groups excluding tert-OH is 1. The van der Waals surface area contributed by atoms with E-state index in [9.17, 15) is 27.9 Å². The minimum atomic E-state index is -3.89. The maximum Gasteiger partial charge on any atom is 0.408 e. The Morgan fingerprint density at radius 2 is 1.94 bits per heavy atom. The number of sulfonamides is 1. The van der Waals surface area contributed by atoms with E-state index in [0.717, 1.165) is 35.9 Å². The summed E-state index contributed by atoms with van der Waals surface area (Å²) in [6.07, 6.45) is 6.34. The number of aromatic nitrogens is 1. The molecule has 1 aromatic heterocycles. The normalized spacial score (nSPS) is 31.3. The minimum absolute atomic E-state index is 0.0808. The van der Waals surface area contributed by atoms with E-state index in [-0.39, 0.29) is 19.4 Å². The Morgan fingerprint density at radius 3 is 2.61 bits per heavy atom. The van der Waals surface area contributed by atoms with Crippen molar-refractivity contribution in [3.05, 3.63) is 54.8 Å². The van der Waals surface area contributed by atoms with Crippen LogP contribution in [0, 0.1) is 11.3 Å². The van der Waals surface area contributed by atoms with E-state index in [1.165, 1.54) is 6.08 Å². The zero-order valence-electron chi connectivity index (χ0n) is 31.7. The summed E-state index contributed by atoms with van der Waals surface area (Å²) in [7, 11) is -2.29. The van der Waals surface area contributed by atoms with E-state index in [2.05, 4.69) is 21.9 Å². The number of alkyl carbamates (subject to hydrolysis) is 1. The summed E-state index contributed by atoms with van der Waals surface area (Å²) in [6, 6.07) is 5.60. The quantitative estimate of drug-likeness (QED) is 0.300. The van der Waals surface area contributed by atoms with Gasteiger partial charge in [0.15, 0.2) is 0 Å². The van der Waals surface area contributed by atoms with Crippen LogP contribution in [-0.4, -0.2) is 96.3 Å². The van der Waals surface area contributed by atoms with Gasteiger partial charge < -0.3 is 30.0 Å². The molecule has 2 aliphatic heterocycles. The summed E-state index contributed by atoms with van der Waals surface area (Å²) in [5.41, 5.74) is -0.695. The number of fused-ring (bicyclic) bond motifs is 4. The number of carbonyl (C=O) groups is 3. The Bertz CT molecular complexity index is 1910. The molecule has 4 N–H and O–H groups in total. The van der Waals surface area contributed by atoms with Crippen molar-refractivity contribution in [3.63, 3.8) is 0 Å². The highest BCUT2D eigenvalue weighted by Gasteiger charge is 2.62. The van der Waals surface area contributed by atoms with Gasteiger partial charge in [-0.25, -0.2) is 18.2 Å². The van der Waals surface area contributed by atoms with E-state index in [1.54, 1.807) is 18.9 Å². The Labute approximate surface area is 317 Å². The Kier molecular flexibility index (Phi) is 11.3. The third kappa shape index (κ3) is 8.68. The Balaban J connectivity index is 1.35. The van der Waals surface area contributed by atoms with Crippen molar-refractivity contribution in [3.8, 4) is 11.5 Å². The Hall–Kier alpha value is -4.21. The van der Waals surface area contributed by atoms with Gasteiger partial charge in [0.1, 0.15) is 35.5 Å². The van der Waals surface area contributed by atoms with Gasteiger partial charge in [-0.05, 0) is 87.6 Å². The molecule has 2 unspecified atom stereocenters. The molecule has 1 aromatic carbocycles. The van der Waals surface area contributed by atoms with Crippen molar-refractivity contribution in [2.24, 2.45) is 11.3 Å². The van der Waals surface area contributed by atoms with Crippen molar-refractivity contribution >= 4 is 38.8 Å². The second kappa shape index (κ2) is 15.5. The minimum Gasteiger partial charge on any atom is -0.497 e. The first-order valence-electron chi connectivity index (χ1n) is 18.8. The van der Waals surface area contributed by atoms with Gasteiger partial charge in [-0.2, -0.15) is 0 Å². The van der Waals surface area contributed by atoms with E-state index in [4.69, 9.17) is 19.2 Å². The lowest BCUT2D eigenvalue weighted by Crippen LogP contribution is -2.62. The lowest BCUT2D eigenvalue weighted by molar-refractivity contribution is -0.136. The molecule has 1 saturated heterocycles. The molecule has 294 valence electrons. The molecule has 0 spiro atoms. The molecule has 4 aliphatic rings. The van der Waals surface area contributed by atoms with Gasteiger partial charge in [-0.1, -0.05) is 32.9 Å². The second-order valence-corrected chi connectivity index (χ2v) is 18.0. The largest absolute Gasteiger partial charge is 0.497 e. The van der Waals surface area contributed by atoms with Crippen LogP contribution in [-0.2, 0) is 30.8 Å². The summed E-state index contributed by atoms with van der Waals surface area (Å²) in [5.74, 6) is -0.693. The summed E-state index contributed by atoms with van der Waals surface area (Å²) < 4.78 is 45.4. The van der Waals surface area contributed by atoms with Crippen molar-refractivity contribution < 1.29 is 42.1 Å². The highest BCUT2D eigenvalue weighted by Crippen LogP contribution is 2.46. The summed E-state index contributed by atoms with van der Waals surface area (Å²) >= 11 is 0. The third-order valence-electron chi connectivity index (χ3n) is 10.8. The van der Waals surface area contributed by atoms with Crippen LogP contribution in [0.5, 0.6) is 11.5 Å². The lowest BCUT2D eigenvalue weighted by atomic mass is 9.85. The number of nitrogens with one attached hydrogen (secondary N) is 3. The molecule has 6 rings (SSSR count). The van der Waals surface area contributed by atoms with Crippen molar-refractivity contribution in [1.29, 1.82) is 0 Å². The molecular formula is C39H53N5O9S. The first kappa shape index (κ1) is 39.5. The van der Waals surface area contributed by atoms with Crippen molar-refractivity contribution in [1.82, 2.24) is 25.2 Å². The fourth-order valence-electron chi connectivity index (χ4n) is 7.38. The zero-order valence-corrected chi connectivity index (χ0v) is 32.5. The molecule has 8 atom stereocenters. The molecule has 54 heavy (non-hydrogen) atoms. The monoisotopic (exact) mass is 767 g/mol. The fourth-order valence-corrected chi connectivity index (χ4v) is 8.74. The number of ether oxygens (including phenoxy) is 3. The number of allylic oxidation sites excluding steroid dienone is 1. The smallest absolute Gasteiger partial charge is 0.408 e. The second-order valence-electron chi connectivity index (χ2n) is 16.0. The maximum absolute atomic E-state index is 14.4. The van der Waals surface area contributed by atoms with Crippen LogP contribution in [0.2, 0.25) is 0 Å². The average molecular weight is 768 g/mol. The fraction of sp³-hybridized carbons (Fsp3) is 0.590. The molecular weight excluding hydrogens is 715 g/mol. The third-order valence-corrected chi connectivity index (χ3v) is 12.6. The molecule has 2 aliphatic carbocycles. The van der Waals surface area contributed by atoms with Crippen LogP contribution in [0.1, 0.15) is 78.3 Å². The van der Waals surface area contributed by atoms with Gasteiger partial charge in [0, 0.05) is 24.3 Å². The van der Waals surface area contributed by atoms with E-state index < -0.39 is 80.6 Å². The van der Waals surface area contributed by atoms with Crippen LogP contribution in [0.4, 0.5) is 4.79 Å². The number of nitrogens with zero attached hydrogens (tertiary/aromatic N) is 2. The maximum atomic E-state index is 14.4. The molecule has 3 fully saturated rings. The van der Waals surface area contributed by atoms with E-state index in [1.807, 2.05) is 57.2 Å². The number of aliphatic hydroxyl groups is 1. The topological polar surface area (TPSA) is 185 Å². The predicted octanol–water partition coefficient (Wildman–Crippen LogP) is 3.86. The number of benzene rings is 1. The molecule has 2 aromatic rings. The van der Waals surface area contributed by atoms with Crippen LogP contribution in [0.15, 0.2) is 49.1 Å². The van der Waals surface area contributed by atoms with Gasteiger partial charge in [0.2, 0.25) is 15.9 Å². The molecule has 2 bridgehead atoms. The average Bonchev–Trinajstić information content (AvgIpc) is 4.04.